The predicted octanol–water partition coefficient (Wildman–Crippen LogP) is 6.80. The summed E-state index contributed by atoms with van der Waals surface area (Å²) < 4.78 is 29.6. The Morgan fingerprint density at radius 1 is 0.882 bits per heavy atom. The molecule has 1 fully saturated rings. The summed E-state index contributed by atoms with van der Waals surface area (Å²) in [6.45, 7) is 0.656. The van der Waals surface area contributed by atoms with E-state index < -0.39 is 5.92 Å². The quantitative estimate of drug-likeness (QED) is 0.322. The second-order valence-electron chi connectivity index (χ2n) is 8.82. The summed E-state index contributed by atoms with van der Waals surface area (Å²) in [4.78, 5) is 4.93. The highest BCUT2D eigenvalue weighted by atomic mass is 19.3. The van der Waals surface area contributed by atoms with E-state index in [1.807, 2.05) is 60.7 Å². The molecule has 0 bridgehead atoms. The molecule has 0 atom stereocenters. The molecule has 34 heavy (non-hydrogen) atoms. The van der Waals surface area contributed by atoms with Gasteiger partial charge in [0, 0.05) is 36.1 Å². The lowest BCUT2D eigenvalue weighted by Crippen LogP contribution is -2.26. The number of fused-ring (bicyclic) bond motifs is 1. The summed E-state index contributed by atoms with van der Waals surface area (Å²) in [6.07, 6.45) is 0.927. The van der Waals surface area contributed by atoms with Crippen molar-refractivity contribution >= 4 is 11.0 Å². The highest BCUT2D eigenvalue weighted by Gasteiger charge is 2.35. The molecule has 1 aromatic heterocycles. The SMILES string of the molecule is N#Cc1ccc(C#Cc2ccccc2-c2nc3ccccc3n2CC2CCC(F)(F)CC2)cc1. The van der Waals surface area contributed by atoms with Crippen LogP contribution < -0.4 is 0 Å². The zero-order chi connectivity index (χ0) is 23.5. The summed E-state index contributed by atoms with van der Waals surface area (Å²) in [5, 5.41) is 9.00. The van der Waals surface area contributed by atoms with Crippen LogP contribution in [0.1, 0.15) is 42.4 Å². The van der Waals surface area contributed by atoms with Gasteiger partial charge in [0.25, 0.3) is 0 Å². The van der Waals surface area contributed by atoms with E-state index in [1.54, 1.807) is 12.1 Å². The van der Waals surface area contributed by atoms with Crippen molar-refractivity contribution < 1.29 is 8.78 Å². The second-order valence-corrected chi connectivity index (χ2v) is 8.82. The minimum absolute atomic E-state index is 0.0493. The first-order valence-electron chi connectivity index (χ1n) is 11.5. The minimum atomic E-state index is -2.54. The Balaban J connectivity index is 1.53. The normalized spacial score (nSPS) is 15.4. The Hall–Kier alpha value is -3.96. The molecule has 1 aliphatic carbocycles. The Morgan fingerprint density at radius 3 is 2.32 bits per heavy atom. The van der Waals surface area contributed by atoms with E-state index in [0.29, 0.717) is 24.9 Å². The lowest BCUT2D eigenvalue weighted by Gasteiger charge is -2.29. The maximum Gasteiger partial charge on any atom is 0.248 e. The Bertz CT molecular complexity index is 1420. The lowest BCUT2D eigenvalue weighted by atomic mass is 9.86. The van der Waals surface area contributed by atoms with Gasteiger partial charge in [0.2, 0.25) is 5.92 Å². The Kier molecular flexibility index (Phi) is 5.86. The third-order valence-corrected chi connectivity index (χ3v) is 6.46. The molecule has 1 aliphatic rings. The van der Waals surface area contributed by atoms with Gasteiger partial charge in [0.15, 0.2) is 0 Å². The smallest absolute Gasteiger partial charge is 0.248 e. The van der Waals surface area contributed by atoms with Crippen LogP contribution >= 0.6 is 0 Å². The molecule has 4 aromatic rings. The average Bonchev–Trinajstić information content (AvgIpc) is 3.22. The van der Waals surface area contributed by atoms with Gasteiger partial charge in [-0.15, -0.1) is 0 Å². The fourth-order valence-corrected chi connectivity index (χ4v) is 4.56. The number of nitrogens with zero attached hydrogens (tertiary/aromatic N) is 3. The monoisotopic (exact) mass is 451 g/mol. The average molecular weight is 452 g/mol. The second kappa shape index (κ2) is 9.12. The first-order chi connectivity index (χ1) is 16.5. The van der Waals surface area contributed by atoms with Crippen LogP contribution in [0.4, 0.5) is 8.78 Å². The number of hydrogen-bond donors (Lipinski definition) is 0. The molecular formula is C29H23F2N3. The maximum absolute atomic E-state index is 13.7. The molecule has 1 saturated carbocycles. The standard InChI is InChI=1S/C29H23F2N3/c30-29(31)17-15-23(16-18-29)20-34-27-8-4-3-7-26(27)33-28(34)25-6-2-1-5-24(25)14-13-21-9-11-22(19-32)12-10-21/h1-12,23H,15-18,20H2. The highest BCUT2D eigenvalue weighted by Crippen LogP contribution is 2.38. The number of alkyl halides is 2. The summed E-state index contributed by atoms with van der Waals surface area (Å²) in [6, 6.07) is 25.1. The van der Waals surface area contributed by atoms with Gasteiger partial charge in [-0.2, -0.15) is 5.26 Å². The van der Waals surface area contributed by atoms with E-state index in [0.717, 1.165) is 33.5 Å². The highest BCUT2D eigenvalue weighted by molar-refractivity contribution is 5.82. The molecular weight excluding hydrogens is 428 g/mol. The lowest BCUT2D eigenvalue weighted by molar-refractivity contribution is -0.0471. The molecule has 0 radical (unpaired) electrons. The molecule has 3 nitrogen and oxygen atoms in total. The number of para-hydroxylation sites is 2. The van der Waals surface area contributed by atoms with E-state index in [9.17, 15) is 8.78 Å². The van der Waals surface area contributed by atoms with E-state index in [1.165, 1.54) is 0 Å². The number of nitriles is 1. The Labute approximate surface area is 197 Å². The van der Waals surface area contributed by atoms with Gasteiger partial charge in [-0.3, -0.25) is 0 Å². The van der Waals surface area contributed by atoms with Crippen LogP contribution in [-0.4, -0.2) is 15.5 Å². The van der Waals surface area contributed by atoms with E-state index >= 15 is 0 Å². The van der Waals surface area contributed by atoms with Crippen molar-refractivity contribution in [1.29, 1.82) is 5.26 Å². The third-order valence-electron chi connectivity index (χ3n) is 6.46. The molecule has 168 valence electrons. The number of rotatable bonds is 3. The first kappa shape index (κ1) is 21.9. The molecule has 3 aromatic carbocycles. The van der Waals surface area contributed by atoms with Crippen LogP contribution in [0.15, 0.2) is 72.8 Å². The molecule has 5 heteroatoms. The van der Waals surface area contributed by atoms with Gasteiger partial charge >= 0.3 is 0 Å². The van der Waals surface area contributed by atoms with E-state index in [-0.39, 0.29) is 18.8 Å². The van der Waals surface area contributed by atoms with Crippen molar-refractivity contribution in [2.75, 3.05) is 0 Å². The number of imidazole rings is 1. The predicted molar refractivity (Wildman–Crippen MR) is 129 cm³/mol. The third kappa shape index (κ3) is 4.56. The number of benzene rings is 3. The molecule has 0 N–H and O–H groups in total. The summed E-state index contributed by atoms with van der Waals surface area (Å²) >= 11 is 0. The largest absolute Gasteiger partial charge is 0.324 e. The molecule has 0 aliphatic heterocycles. The minimum Gasteiger partial charge on any atom is -0.324 e. The molecule has 0 amide bonds. The maximum atomic E-state index is 13.7. The van der Waals surface area contributed by atoms with Crippen molar-refractivity contribution in [2.24, 2.45) is 5.92 Å². The van der Waals surface area contributed by atoms with Crippen molar-refractivity contribution in [1.82, 2.24) is 9.55 Å². The Morgan fingerprint density at radius 2 is 1.56 bits per heavy atom. The van der Waals surface area contributed by atoms with Crippen LogP contribution in [0.3, 0.4) is 0 Å². The van der Waals surface area contributed by atoms with Gasteiger partial charge in [-0.25, -0.2) is 13.8 Å². The fraction of sp³-hybridized carbons (Fsp3) is 0.241. The molecule has 0 unspecified atom stereocenters. The van der Waals surface area contributed by atoms with Crippen LogP contribution in [0, 0.1) is 29.1 Å². The topological polar surface area (TPSA) is 41.6 Å². The van der Waals surface area contributed by atoms with Crippen LogP contribution in [0.5, 0.6) is 0 Å². The van der Waals surface area contributed by atoms with Crippen molar-refractivity contribution in [3.05, 3.63) is 89.5 Å². The van der Waals surface area contributed by atoms with Crippen molar-refractivity contribution in [2.45, 2.75) is 38.2 Å². The van der Waals surface area contributed by atoms with E-state index in [2.05, 4.69) is 22.5 Å². The number of hydrogen-bond acceptors (Lipinski definition) is 2. The first-order valence-corrected chi connectivity index (χ1v) is 11.5. The summed E-state index contributed by atoms with van der Waals surface area (Å²) in [7, 11) is 0. The molecule has 0 spiro atoms. The number of halogens is 2. The summed E-state index contributed by atoms with van der Waals surface area (Å²) in [5.74, 6) is 4.91. The van der Waals surface area contributed by atoms with Gasteiger partial charge in [0.05, 0.1) is 22.7 Å². The fourth-order valence-electron chi connectivity index (χ4n) is 4.56. The van der Waals surface area contributed by atoms with Crippen LogP contribution in [0.2, 0.25) is 0 Å². The molecule has 5 rings (SSSR count). The summed E-state index contributed by atoms with van der Waals surface area (Å²) in [5.41, 5.74) is 5.07. The zero-order valence-electron chi connectivity index (χ0n) is 18.6. The van der Waals surface area contributed by atoms with Gasteiger partial charge in [0.1, 0.15) is 5.82 Å². The molecule has 1 heterocycles. The van der Waals surface area contributed by atoms with Gasteiger partial charge in [-0.05, 0) is 67.3 Å². The van der Waals surface area contributed by atoms with Crippen LogP contribution in [-0.2, 0) is 6.54 Å². The van der Waals surface area contributed by atoms with Crippen molar-refractivity contribution in [3.63, 3.8) is 0 Å². The van der Waals surface area contributed by atoms with Gasteiger partial charge < -0.3 is 4.57 Å². The van der Waals surface area contributed by atoms with E-state index in [4.69, 9.17) is 10.2 Å². The van der Waals surface area contributed by atoms with Crippen molar-refractivity contribution in [3.8, 4) is 29.3 Å². The molecule has 0 saturated heterocycles. The number of aromatic nitrogens is 2. The van der Waals surface area contributed by atoms with Crippen LogP contribution in [0.25, 0.3) is 22.4 Å². The zero-order valence-corrected chi connectivity index (χ0v) is 18.6. The van der Waals surface area contributed by atoms with Gasteiger partial charge in [-0.1, -0.05) is 36.1 Å².